The first-order valence-electron chi connectivity index (χ1n) is 6.67. The molecule has 0 amide bonds. The molecule has 1 aliphatic rings. The summed E-state index contributed by atoms with van der Waals surface area (Å²) in [6.07, 6.45) is 3.98. The van der Waals surface area contributed by atoms with Gasteiger partial charge in [-0.05, 0) is 18.4 Å². The summed E-state index contributed by atoms with van der Waals surface area (Å²) in [6, 6.07) is 3.57. The number of rotatable bonds is 6. The summed E-state index contributed by atoms with van der Waals surface area (Å²) in [4.78, 5) is 0. The maximum atomic E-state index is 10.4. The highest BCUT2D eigenvalue weighted by Crippen LogP contribution is 2.41. The number of methoxy groups -OCH3 is 3. The van der Waals surface area contributed by atoms with Gasteiger partial charge in [-0.1, -0.05) is 19.3 Å². The van der Waals surface area contributed by atoms with Crippen molar-refractivity contribution >= 4 is 0 Å². The van der Waals surface area contributed by atoms with Gasteiger partial charge in [-0.15, -0.1) is 0 Å². The maximum Gasteiger partial charge on any atom is 0.164 e. The Kier molecular flexibility index (Phi) is 4.53. The molecule has 19 heavy (non-hydrogen) atoms. The van der Waals surface area contributed by atoms with E-state index in [0.29, 0.717) is 23.2 Å². The van der Waals surface area contributed by atoms with E-state index in [0.717, 1.165) is 12.0 Å². The van der Waals surface area contributed by atoms with Crippen molar-refractivity contribution < 1.29 is 19.3 Å². The van der Waals surface area contributed by atoms with Gasteiger partial charge in [0.15, 0.2) is 11.5 Å². The zero-order chi connectivity index (χ0) is 13.8. The van der Waals surface area contributed by atoms with Gasteiger partial charge in [0.1, 0.15) is 5.75 Å². The molecule has 0 spiro atoms. The van der Waals surface area contributed by atoms with Gasteiger partial charge in [0.2, 0.25) is 0 Å². The second-order valence-electron chi connectivity index (χ2n) is 5.00. The summed E-state index contributed by atoms with van der Waals surface area (Å²) in [5, 5.41) is 10.4. The highest BCUT2D eigenvalue weighted by Gasteiger charge is 2.24. The lowest BCUT2D eigenvalue weighted by atomic mass is 9.80. The summed E-state index contributed by atoms with van der Waals surface area (Å²) in [5.41, 5.74) is 0.770. The van der Waals surface area contributed by atoms with Crippen LogP contribution in [0.25, 0.3) is 0 Å². The largest absolute Gasteiger partial charge is 0.496 e. The Morgan fingerprint density at radius 2 is 1.63 bits per heavy atom. The number of benzene rings is 1. The normalized spacial score (nSPS) is 16.6. The van der Waals surface area contributed by atoms with Crippen LogP contribution < -0.4 is 14.2 Å². The van der Waals surface area contributed by atoms with E-state index in [4.69, 9.17) is 14.2 Å². The van der Waals surface area contributed by atoms with Crippen LogP contribution in [0.5, 0.6) is 17.2 Å². The van der Waals surface area contributed by atoms with Gasteiger partial charge < -0.3 is 19.3 Å². The molecular weight excluding hydrogens is 244 g/mol. The van der Waals surface area contributed by atoms with E-state index in [1.54, 1.807) is 33.5 Å². The molecule has 0 heterocycles. The van der Waals surface area contributed by atoms with Gasteiger partial charge in [-0.2, -0.15) is 0 Å². The zero-order valence-electron chi connectivity index (χ0n) is 11.8. The van der Waals surface area contributed by atoms with E-state index in [-0.39, 0.29) is 0 Å². The number of aliphatic hydroxyl groups is 1. The molecule has 1 unspecified atom stereocenters. The Hall–Kier alpha value is -1.42. The van der Waals surface area contributed by atoms with Crippen LogP contribution in [-0.4, -0.2) is 26.4 Å². The van der Waals surface area contributed by atoms with Gasteiger partial charge in [0.05, 0.1) is 27.4 Å². The third-order valence-corrected chi connectivity index (χ3v) is 3.88. The molecule has 1 aromatic carbocycles. The van der Waals surface area contributed by atoms with Crippen LogP contribution in [0.1, 0.15) is 37.4 Å². The first kappa shape index (κ1) is 14.0. The van der Waals surface area contributed by atoms with Crippen LogP contribution in [0.2, 0.25) is 0 Å². The fraction of sp³-hybridized carbons (Fsp3) is 0.600. The average molecular weight is 266 g/mol. The first-order chi connectivity index (χ1) is 9.19. The van der Waals surface area contributed by atoms with E-state index in [2.05, 4.69) is 0 Å². The van der Waals surface area contributed by atoms with Crippen molar-refractivity contribution in [2.24, 2.45) is 5.92 Å². The van der Waals surface area contributed by atoms with E-state index >= 15 is 0 Å². The molecule has 0 aliphatic heterocycles. The van der Waals surface area contributed by atoms with Crippen molar-refractivity contribution in [3.8, 4) is 17.2 Å². The van der Waals surface area contributed by atoms with Gasteiger partial charge in [0, 0.05) is 11.6 Å². The van der Waals surface area contributed by atoms with Crippen LogP contribution in [0.3, 0.4) is 0 Å². The van der Waals surface area contributed by atoms with Crippen molar-refractivity contribution in [1.82, 2.24) is 0 Å². The number of aliphatic hydroxyl groups excluding tert-OH is 1. The molecule has 0 aromatic heterocycles. The van der Waals surface area contributed by atoms with Gasteiger partial charge in [0.25, 0.3) is 0 Å². The smallest absolute Gasteiger partial charge is 0.164 e. The Balaban J connectivity index is 2.25. The Morgan fingerprint density at radius 3 is 2.11 bits per heavy atom. The van der Waals surface area contributed by atoms with Crippen molar-refractivity contribution in [3.05, 3.63) is 17.7 Å². The predicted octanol–water partition coefficient (Wildman–Crippen LogP) is 2.94. The molecule has 1 aromatic rings. The monoisotopic (exact) mass is 266 g/mol. The Bertz CT molecular complexity index is 426. The molecule has 4 heteroatoms. The van der Waals surface area contributed by atoms with E-state index in [9.17, 15) is 5.11 Å². The van der Waals surface area contributed by atoms with E-state index in [1.165, 1.54) is 19.3 Å². The topological polar surface area (TPSA) is 47.9 Å². The fourth-order valence-electron chi connectivity index (χ4n) is 2.48. The van der Waals surface area contributed by atoms with E-state index in [1.807, 2.05) is 0 Å². The van der Waals surface area contributed by atoms with Crippen molar-refractivity contribution in [2.75, 3.05) is 21.3 Å². The van der Waals surface area contributed by atoms with Crippen LogP contribution in [0, 0.1) is 5.92 Å². The molecule has 0 radical (unpaired) electrons. The summed E-state index contributed by atoms with van der Waals surface area (Å²) >= 11 is 0. The van der Waals surface area contributed by atoms with Gasteiger partial charge in [-0.3, -0.25) is 0 Å². The quantitative estimate of drug-likeness (QED) is 0.860. The minimum Gasteiger partial charge on any atom is -0.496 e. The first-order valence-corrected chi connectivity index (χ1v) is 6.67. The highest BCUT2D eigenvalue weighted by atomic mass is 16.5. The summed E-state index contributed by atoms with van der Waals surface area (Å²) < 4.78 is 15.9. The molecule has 1 aliphatic carbocycles. The third-order valence-electron chi connectivity index (χ3n) is 3.88. The van der Waals surface area contributed by atoms with Crippen molar-refractivity contribution in [3.63, 3.8) is 0 Å². The molecule has 0 saturated heterocycles. The molecule has 1 fully saturated rings. The zero-order valence-corrected chi connectivity index (χ0v) is 11.8. The SMILES string of the molecule is COc1cc(OC)c(C(O)CC2CCC2)cc1OC. The van der Waals surface area contributed by atoms with Gasteiger partial charge in [-0.25, -0.2) is 0 Å². The van der Waals surface area contributed by atoms with E-state index < -0.39 is 6.10 Å². The summed E-state index contributed by atoms with van der Waals surface area (Å²) in [5.74, 6) is 2.50. The minimum atomic E-state index is -0.514. The lowest BCUT2D eigenvalue weighted by Crippen LogP contribution is -2.15. The maximum absolute atomic E-state index is 10.4. The van der Waals surface area contributed by atoms with Crippen LogP contribution in [0.15, 0.2) is 12.1 Å². The summed E-state index contributed by atoms with van der Waals surface area (Å²) in [6.45, 7) is 0. The number of hydrogen-bond acceptors (Lipinski definition) is 4. The lowest BCUT2D eigenvalue weighted by Gasteiger charge is -2.28. The van der Waals surface area contributed by atoms with Crippen molar-refractivity contribution in [1.29, 1.82) is 0 Å². The molecule has 2 rings (SSSR count). The van der Waals surface area contributed by atoms with Gasteiger partial charge >= 0.3 is 0 Å². The number of hydrogen-bond donors (Lipinski definition) is 1. The molecule has 106 valence electrons. The van der Waals surface area contributed by atoms with Crippen molar-refractivity contribution in [2.45, 2.75) is 31.8 Å². The molecule has 1 atom stereocenters. The second-order valence-corrected chi connectivity index (χ2v) is 5.00. The number of ether oxygens (including phenoxy) is 3. The standard InChI is InChI=1S/C15H22O4/c1-17-13-9-15(19-3)14(18-2)8-11(13)12(16)7-10-5-4-6-10/h8-10,12,16H,4-7H2,1-3H3. The molecular formula is C15H22O4. The van der Waals surface area contributed by atoms with Crippen LogP contribution in [-0.2, 0) is 0 Å². The minimum absolute atomic E-state index is 0.514. The predicted molar refractivity (Wildman–Crippen MR) is 73.0 cm³/mol. The van der Waals surface area contributed by atoms with Crippen LogP contribution in [0.4, 0.5) is 0 Å². The third kappa shape index (κ3) is 2.95. The Labute approximate surface area is 114 Å². The molecule has 1 N–H and O–H groups in total. The fourth-order valence-corrected chi connectivity index (χ4v) is 2.48. The lowest BCUT2D eigenvalue weighted by molar-refractivity contribution is 0.115. The molecule has 1 saturated carbocycles. The highest BCUT2D eigenvalue weighted by molar-refractivity contribution is 5.51. The molecule has 0 bridgehead atoms. The molecule has 4 nitrogen and oxygen atoms in total. The second kappa shape index (κ2) is 6.15. The summed E-state index contributed by atoms with van der Waals surface area (Å²) in [7, 11) is 4.77. The Morgan fingerprint density at radius 1 is 1.05 bits per heavy atom. The average Bonchev–Trinajstić information content (AvgIpc) is 2.40. The van der Waals surface area contributed by atoms with Crippen LogP contribution >= 0.6 is 0 Å².